The van der Waals surface area contributed by atoms with Crippen molar-refractivity contribution in [3.63, 3.8) is 0 Å². The van der Waals surface area contributed by atoms with Gasteiger partial charge in [0.15, 0.2) is 0 Å². The number of carbonyl (C=O) groups excluding carboxylic acids is 3. The summed E-state index contributed by atoms with van der Waals surface area (Å²) < 4.78 is 13.4. The van der Waals surface area contributed by atoms with Crippen LogP contribution in [0.15, 0.2) is 114 Å². The molecular formula is C32H26FN3O5S. The summed E-state index contributed by atoms with van der Waals surface area (Å²) in [6, 6.07) is 26.7. The van der Waals surface area contributed by atoms with Crippen LogP contribution in [0.1, 0.15) is 33.2 Å². The number of amides is 3. The summed E-state index contributed by atoms with van der Waals surface area (Å²) in [5.74, 6) is -2.95. The molecule has 0 aromatic heterocycles. The van der Waals surface area contributed by atoms with E-state index in [9.17, 15) is 23.6 Å². The number of thioether (sulfide) groups is 1. The van der Waals surface area contributed by atoms with Gasteiger partial charge < -0.3 is 21.1 Å². The Morgan fingerprint density at radius 2 is 1.43 bits per heavy atom. The topological polar surface area (TPSA) is 125 Å². The summed E-state index contributed by atoms with van der Waals surface area (Å²) in [5.41, 5.74) is 1.66. The Balaban J connectivity index is 1.46. The van der Waals surface area contributed by atoms with Crippen molar-refractivity contribution in [3.8, 4) is 0 Å². The van der Waals surface area contributed by atoms with Crippen molar-refractivity contribution in [1.29, 1.82) is 0 Å². The fourth-order valence-corrected chi connectivity index (χ4v) is 4.67. The highest BCUT2D eigenvalue weighted by atomic mass is 32.2. The van der Waals surface area contributed by atoms with E-state index >= 15 is 0 Å². The van der Waals surface area contributed by atoms with Gasteiger partial charge in [-0.25, -0.2) is 9.18 Å². The van der Waals surface area contributed by atoms with Gasteiger partial charge in [-0.3, -0.25) is 14.4 Å². The maximum atomic E-state index is 13.4. The van der Waals surface area contributed by atoms with E-state index in [1.807, 2.05) is 0 Å². The van der Waals surface area contributed by atoms with E-state index in [1.54, 1.807) is 73.7 Å². The van der Waals surface area contributed by atoms with Crippen LogP contribution in [0.5, 0.6) is 0 Å². The highest BCUT2D eigenvalue weighted by Gasteiger charge is 2.18. The van der Waals surface area contributed by atoms with E-state index in [2.05, 4.69) is 16.0 Å². The van der Waals surface area contributed by atoms with Gasteiger partial charge in [0.2, 0.25) is 5.91 Å². The predicted molar refractivity (Wildman–Crippen MR) is 161 cm³/mol. The second-order valence-electron chi connectivity index (χ2n) is 9.05. The molecule has 1 unspecified atom stereocenters. The number of carboxylic acid groups (broad SMARTS) is 1. The molecule has 8 nitrogen and oxygen atoms in total. The van der Waals surface area contributed by atoms with Crippen LogP contribution in [0.4, 0.5) is 15.8 Å². The van der Waals surface area contributed by atoms with Gasteiger partial charge in [-0.1, -0.05) is 42.5 Å². The molecule has 3 amide bonds. The molecule has 4 aromatic carbocycles. The number of rotatable bonds is 10. The third-order valence-corrected chi connectivity index (χ3v) is 6.95. The molecular weight excluding hydrogens is 557 g/mol. The standard InChI is InChI=1S/C32H26FN3O5S/c1-20(29(37)34-25-10-5-9-23(18-25)32(40)41)42-27-12-6-11-26(19-27)35-31(39)28(17-21-13-15-24(33)16-14-21)36-30(38)22-7-3-2-4-8-22/h2-20H,1H3,(H,34,37)(H,35,39)(H,36,38)(H,40,41)/b28-17-. The van der Waals surface area contributed by atoms with Crippen molar-refractivity contribution in [2.75, 3.05) is 10.6 Å². The third kappa shape index (κ3) is 8.39. The third-order valence-electron chi connectivity index (χ3n) is 5.86. The maximum absolute atomic E-state index is 13.4. The lowest BCUT2D eigenvalue weighted by atomic mass is 10.1. The normalized spacial score (nSPS) is 11.7. The minimum absolute atomic E-state index is 0.0511. The number of carboxylic acids is 1. The first-order valence-electron chi connectivity index (χ1n) is 12.7. The van der Waals surface area contributed by atoms with Crippen molar-refractivity contribution < 1.29 is 28.7 Å². The minimum atomic E-state index is -1.09. The molecule has 4 aromatic rings. The Morgan fingerprint density at radius 3 is 2.12 bits per heavy atom. The van der Waals surface area contributed by atoms with E-state index in [0.29, 0.717) is 27.4 Å². The lowest BCUT2D eigenvalue weighted by molar-refractivity contribution is -0.115. The van der Waals surface area contributed by atoms with Gasteiger partial charge in [0.25, 0.3) is 11.8 Å². The van der Waals surface area contributed by atoms with E-state index in [4.69, 9.17) is 5.11 Å². The van der Waals surface area contributed by atoms with Crippen LogP contribution in [0, 0.1) is 5.82 Å². The maximum Gasteiger partial charge on any atom is 0.335 e. The fourth-order valence-electron chi connectivity index (χ4n) is 3.75. The summed E-state index contributed by atoms with van der Waals surface area (Å²) in [7, 11) is 0. The molecule has 4 N–H and O–H groups in total. The summed E-state index contributed by atoms with van der Waals surface area (Å²) in [5, 5.41) is 16.7. The Hall–Kier alpha value is -5.22. The number of anilines is 2. The van der Waals surface area contributed by atoms with Gasteiger partial charge >= 0.3 is 5.97 Å². The summed E-state index contributed by atoms with van der Waals surface area (Å²) >= 11 is 1.24. The van der Waals surface area contributed by atoms with Crippen LogP contribution in [-0.2, 0) is 9.59 Å². The van der Waals surface area contributed by atoms with Crippen molar-refractivity contribution in [2.45, 2.75) is 17.1 Å². The Bertz CT molecular complexity index is 1640. The lowest BCUT2D eigenvalue weighted by Gasteiger charge is -2.14. The molecule has 42 heavy (non-hydrogen) atoms. The highest BCUT2D eigenvalue weighted by molar-refractivity contribution is 8.00. The first-order chi connectivity index (χ1) is 20.2. The second-order valence-corrected chi connectivity index (χ2v) is 10.5. The second kappa shape index (κ2) is 13.9. The van der Waals surface area contributed by atoms with E-state index in [-0.39, 0.29) is 17.2 Å². The summed E-state index contributed by atoms with van der Waals surface area (Å²) in [6.07, 6.45) is 1.44. The SMILES string of the molecule is CC(Sc1cccc(NC(=O)/C(=C/c2ccc(F)cc2)NC(=O)c2ccccc2)c1)C(=O)Nc1cccc(C(=O)O)c1. The van der Waals surface area contributed by atoms with Gasteiger partial charge in [-0.05, 0) is 79.2 Å². The van der Waals surface area contributed by atoms with E-state index in [1.165, 1.54) is 54.2 Å². The van der Waals surface area contributed by atoms with Gasteiger partial charge in [-0.15, -0.1) is 11.8 Å². The van der Waals surface area contributed by atoms with Gasteiger partial charge in [0.05, 0.1) is 10.8 Å². The monoisotopic (exact) mass is 583 g/mol. The van der Waals surface area contributed by atoms with E-state index in [0.717, 1.165) is 0 Å². The van der Waals surface area contributed by atoms with Crippen LogP contribution in [0.25, 0.3) is 6.08 Å². The van der Waals surface area contributed by atoms with Crippen molar-refractivity contribution in [3.05, 3.63) is 131 Å². The Kier molecular flexibility index (Phi) is 9.85. The molecule has 1 atom stereocenters. The first kappa shape index (κ1) is 29.8. The predicted octanol–water partition coefficient (Wildman–Crippen LogP) is 6.05. The number of halogens is 1. The molecule has 212 valence electrons. The molecule has 0 bridgehead atoms. The zero-order chi connectivity index (χ0) is 30.1. The first-order valence-corrected chi connectivity index (χ1v) is 13.6. The molecule has 0 fully saturated rings. The molecule has 4 rings (SSSR count). The van der Waals surface area contributed by atoms with Crippen LogP contribution in [0.2, 0.25) is 0 Å². The molecule has 10 heteroatoms. The number of hydrogen-bond donors (Lipinski definition) is 4. The van der Waals surface area contributed by atoms with Gasteiger partial charge in [0, 0.05) is 21.8 Å². The zero-order valence-electron chi connectivity index (χ0n) is 22.3. The molecule has 0 aliphatic rings. The summed E-state index contributed by atoms with van der Waals surface area (Å²) in [6.45, 7) is 1.70. The van der Waals surface area contributed by atoms with Gasteiger partial charge in [0.1, 0.15) is 11.5 Å². The van der Waals surface area contributed by atoms with Crippen LogP contribution in [-0.4, -0.2) is 34.0 Å². The molecule has 0 aliphatic heterocycles. The van der Waals surface area contributed by atoms with Gasteiger partial charge in [-0.2, -0.15) is 0 Å². The molecule has 0 spiro atoms. The molecule has 0 saturated heterocycles. The number of aromatic carboxylic acids is 1. The van der Waals surface area contributed by atoms with Crippen LogP contribution >= 0.6 is 11.8 Å². The lowest BCUT2D eigenvalue weighted by Crippen LogP contribution is -2.30. The largest absolute Gasteiger partial charge is 0.478 e. The number of carbonyl (C=O) groups is 4. The quantitative estimate of drug-likeness (QED) is 0.133. The van der Waals surface area contributed by atoms with Crippen molar-refractivity contribution >= 4 is 52.9 Å². The van der Waals surface area contributed by atoms with Crippen LogP contribution < -0.4 is 16.0 Å². The molecule has 0 radical (unpaired) electrons. The summed E-state index contributed by atoms with van der Waals surface area (Å²) in [4.78, 5) is 50.7. The number of hydrogen-bond acceptors (Lipinski definition) is 5. The molecule has 0 saturated carbocycles. The van der Waals surface area contributed by atoms with Crippen LogP contribution in [0.3, 0.4) is 0 Å². The van der Waals surface area contributed by atoms with E-state index < -0.39 is 28.9 Å². The minimum Gasteiger partial charge on any atom is -0.478 e. The number of benzene rings is 4. The zero-order valence-corrected chi connectivity index (χ0v) is 23.2. The average molecular weight is 584 g/mol. The highest BCUT2D eigenvalue weighted by Crippen LogP contribution is 2.27. The smallest absolute Gasteiger partial charge is 0.335 e. The van der Waals surface area contributed by atoms with Crippen molar-refractivity contribution in [1.82, 2.24) is 5.32 Å². The fraction of sp³-hybridized carbons (Fsp3) is 0.0625. The Labute approximate surface area is 245 Å². The molecule has 0 aliphatic carbocycles. The van der Waals surface area contributed by atoms with Crippen molar-refractivity contribution in [2.24, 2.45) is 0 Å². The Morgan fingerprint density at radius 1 is 0.786 bits per heavy atom. The molecule has 0 heterocycles. The number of nitrogens with one attached hydrogen (secondary N) is 3. The average Bonchev–Trinajstić information content (AvgIpc) is 2.98.